The highest BCUT2D eigenvalue weighted by Crippen LogP contribution is 2.35. The predicted octanol–water partition coefficient (Wildman–Crippen LogP) is 3.92. The summed E-state index contributed by atoms with van der Waals surface area (Å²) in [4.78, 5) is 7.28. The third kappa shape index (κ3) is 2.12. The van der Waals surface area contributed by atoms with E-state index in [9.17, 15) is 0 Å². The number of anilines is 2. The molecule has 0 saturated carbocycles. The summed E-state index contributed by atoms with van der Waals surface area (Å²) in [6.07, 6.45) is 3.07. The van der Waals surface area contributed by atoms with Crippen molar-refractivity contribution in [2.75, 3.05) is 11.4 Å². The molecule has 3 heterocycles. The fourth-order valence-corrected chi connectivity index (χ4v) is 3.79. The summed E-state index contributed by atoms with van der Waals surface area (Å²) in [5, 5.41) is 8.92. The molecular formula is C20H19N5. The van der Waals surface area contributed by atoms with Crippen LogP contribution in [-0.4, -0.2) is 26.1 Å². The van der Waals surface area contributed by atoms with Crippen molar-refractivity contribution in [3.8, 4) is 0 Å². The Balaban J connectivity index is 1.84. The number of aromatic nitrogens is 4. The van der Waals surface area contributed by atoms with Crippen LogP contribution in [0.3, 0.4) is 0 Å². The van der Waals surface area contributed by atoms with Crippen LogP contribution in [0.4, 0.5) is 11.5 Å². The van der Waals surface area contributed by atoms with Crippen molar-refractivity contribution in [3.05, 3.63) is 59.9 Å². The molecule has 0 radical (unpaired) electrons. The molecule has 1 aliphatic rings. The lowest BCUT2D eigenvalue weighted by molar-refractivity contribution is 0.760. The minimum absolute atomic E-state index is 0.838. The van der Waals surface area contributed by atoms with E-state index in [4.69, 9.17) is 4.98 Å². The van der Waals surface area contributed by atoms with E-state index in [1.54, 1.807) is 0 Å². The lowest BCUT2D eigenvalue weighted by Gasteiger charge is -2.30. The van der Waals surface area contributed by atoms with Gasteiger partial charge in [-0.25, -0.2) is 4.98 Å². The van der Waals surface area contributed by atoms with Crippen molar-refractivity contribution < 1.29 is 0 Å². The van der Waals surface area contributed by atoms with Gasteiger partial charge < -0.3 is 4.90 Å². The van der Waals surface area contributed by atoms with Crippen LogP contribution in [0.2, 0.25) is 0 Å². The molecule has 4 aromatic rings. The first-order valence-corrected chi connectivity index (χ1v) is 8.85. The molecule has 0 saturated heterocycles. The summed E-state index contributed by atoms with van der Waals surface area (Å²) >= 11 is 0. The average Bonchev–Trinajstić information content (AvgIpc) is 3.11. The van der Waals surface area contributed by atoms with Gasteiger partial charge in [0.15, 0.2) is 5.82 Å². The van der Waals surface area contributed by atoms with E-state index in [0.717, 1.165) is 54.1 Å². The molecule has 0 amide bonds. The molecular weight excluding hydrogens is 310 g/mol. The highest BCUT2D eigenvalue weighted by molar-refractivity contribution is 5.85. The molecule has 124 valence electrons. The Hall–Kier alpha value is -2.95. The molecule has 0 N–H and O–H groups in total. The van der Waals surface area contributed by atoms with Crippen molar-refractivity contribution in [1.82, 2.24) is 19.6 Å². The van der Waals surface area contributed by atoms with E-state index in [2.05, 4.69) is 62.8 Å². The van der Waals surface area contributed by atoms with Crippen LogP contribution < -0.4 is 4.90 Å². The van der Waals surface area contributed by atoms with Crippen molar-refractivity contribution in [1.29, 1.82) is 0 Å². The number of para-hydroxylation sites is 3. The van der Waals surface area contributed by atoms with Gasteiger partial charge in [0.1, 0.15) is 5.82 Å². The second-order valence-electron chi connectivity index (χ2n) is 6.44. The zero-order chi connectivity index (χ0) is 16.8. The molecule has 0 spiro atoms. The highest BCUT2D eigenvalue weighted by Gasteiger charge is 2.24. The number of rotatable bonds is 2. The van der Waals surface area contributed by atoms with Crippen molar-refractivity contribution in [3.63, 3.8) is 0 Å². The first-order valence-electron chi connectivity index (χ1n) is 8.85. The molecule has 5 nitrogen and oxygen atoms in total. The molecule has 0 fully saturated rings. The standard InChI is InChI=1S/C20H19N5/c1-2-18-22-23-20-19(21-15-10-4-6-12-17(15)25(18)20)24-13-7-9-14-8-3-5-11-16(14)24/h3-6,8,10-12H,2,7,9,13H2,1H3. The maximum Gasteiger partial charge on any atom is 0.204 e. The zero-order valence-corrected chi connectivity index (χ0v) is 14.2. The smallest absolute Gasteiger partial charge is 0.204 e. The largest absolute Gasteiger partial charge is 0.323 e. The van der Waals surface area contributed by atoms with Gasteiger partial charge in [-0.1, -0.05) is 37.3 Å². The lowest BCUT2D eigenvalue weighted by Crippen LogP contribution is -2.26. The predicted molar refractivity (Wildman–Crippen MR) is 99.4 cm³/mol. The number of nitrogens with zero attached hydrogens (tertiary/aromatic N) is 5. The molecule has 0 unspecified atom stereocenters. The number of aryl methyl sites for hydroxylation is 2. The fourth-order valence-electron chi connectivity index (χ4n) is 3.79. The second-order valence-corrected chi connectivity index (χ2v) is 6.44. The Labute approximate surface area is 145 Å². The molecule has 0 bridgehead atoms. The van der Waals surface area contributed by atoms with E-state index in [1.807, 2.05) is 12.1 Å². The maximum absolute atomic E-state index is 4.98. The van der Waals surface area contributed by atoms with Crippen molar-refractivity contribution in [2.45, 2.75) is 26.2 Å². The molecule has 2 aromatic heterocycles. The Morgan fingerprint density at radius 3 is 2.76 bits per heavy atom. The van der Waals surface area contributed by atoms with Gasteiger partial charge in [-0.3, -0.25) is 4.40 Å². The van der Waals surface area contributed by atoms with Gasteiger partial charge in [0.2, 0.25) is 5.65 Å². The monoisotopic (exact) mass is 329 g/mol. The molecule has 1 aliphatic heterocycles. The van der Waals surface area contributed by atoms with Crippen LogP contribution in [0.5, 0.6) is 0 Å². The molecule has 5 rings (SSSR count). The molecule has 25 heavy (non-hydrogen) atoms. The summed E-state index contributed by atoms with van der Waals surface area (Å²) < 4.78 is 2.16. The first kappa shape index (κ1) is 14.4. The number of hydrogen-bond donors (Lipinski definition) is 0. The van der Waals surface area contributed by atoms with Crippen LogP contribution >= 0.6 is 0 Å². The quantitative estimate of drug-likeness (QED) is 0.559. The second kappa shape index (κ2) is 5.55. The van der Waals surface area contributed by atoms with Crippen LogP contribution in [-0.2, 0) is 12.8 Å². The zero-order valence-electron chi connectivity index (χ0n) is 14.2. The Bertz CT molecular complexity index is 1080. The minimum atomic E-state index is 0.838. The average molecular weight is 329 g/mol. The first-order chi connectivity index (χ1) is 12.4. The number of hydrogen-bond acceptors (Lipinski definition) is 4. The van der Waals surface area contributed by atoms with Gasteiger partial charge in [0, 0.05) is 18.7 Å². The molecule has 0 aliphatic carbocycles. The van der Waals surface area contributed by atoms with E-state index in [0.29, 0.717) is 0 Å². The Morgan fingerprint density at radius 1 is 1.00 bits per heavy atom. The summed E-state index contributed by atoms with van der Waals surface area (Å²) in [6, 6.07) is 16.8. The van der Waals surface area contributed by atoms with Gasteiger partial charge in [0.05, 0.1) is 11.0 Å². The SMILES string of the molecule is CCc1nnc2c(N3CCCc4ccccc43)nc3ccccc3n12. The maximum atomic E-state index is 4.98. The third-order valence-electron chi connectivity index (χ3n) is 4.96. The fraction of sp³-hybridized carbons (Fsp3) is 0.250. The highest BCUT2D eigenvalue weighted by atomic mass is 15.3. The van der Waals surface area contributed by atoms with Crippen molar-refractivity contribution in [2.24, 2.45) is 0 Å². The van der Waals surface area contributed by atoms with Gasteiger partial charge in [-0.05, 0) is 36.6 Å². The summed E-state index contributed by atoms with van der Waals surface area (Å²) in [6.45, 7) is 3.06. The van der Waals surface area contributed by atoms with E-state index in [-0.39, 0.29) is 0 Å². The normalized spacial score (nSPS) is 14.2. The van der Waals surface area contributed by atoms with Gasteiger partial charge >= 0.3 is 0 Å². The Morgan fingerprint density at radius 2 is 1.84 bits per heavy atom. The molecule has 2 aromatic carbocycles. The van der Waals surface area contributed by atoms with Crippen LogP contribution in [0.1, 0.15) is 24.7 Å². The van der Waals surface area contributed by atoms with E-state index < -0.39 is 0 Å². The number of benzene rings is 2. The van der Waals surface area contributed by atoms with E-state index in [1.165, 1.54) is 11.3 Å². The number of fused-ring (bicyclic) bond motifs is 4. The molecule has 0 atom stereocenters. The Kier molecular flexibility index (Phi) is 3.20. The van der Waals surface area contributed by atoms with Gasteiger partial charge in [-0.2, -0.15) is 0 Å². The van der Waals surface area contributed by atoms with Gasteiger partial charge in [0.25, 0.3) is 0 Å². The summed E-state index contributed by atoms with van der Waals surface area (Å²) in [5.41, 5.74) is 5.49. The summed E-state index contributed by atoms with van der Waals surface area (Å²) in [7, 11) is 0. The van der Waals surface area contributed by atoms with E-state index >= 15 is 0 Å². The minimum Gasteiger partial charge on any atom is -0.323 e. The lowest BCUT2D eigenvalue weighted by atomic mass is 10.0. The van der Waals surface area contributed by atoms with Crippen LogP contribution in [0.25, 0.3) is 16.7 Å². The van der Waals surface area contributed by atoms with Gasteiger partial charge in [-0.15, -0.1) is 10.2 Å². The van der Waals surface area contributed by atoms with Crippen molar-refractivity contribution >= 4 is 28.2 Å². The van der Waals surface area contributed by atoms with Crippen LogP contribution in [0, 0.1) is 0 Å². The van der Waals surface area contributed by atoms with Crippen LogP contribution in [0.15, 0.2) is 48.5 Å². The topological polar surface area (TPSA) is 46.3 Å². The summed E-state index contributed by atoms with van der Waals surface area (Å²) in [5.74, 6) is 1.87. The molecule has 5 heteroatoms. The third-order valence-corrected chi connectivity index (χ3v) is 4.96.